The Morgan fingerprint density at radius 3 is 1.62 bits per heavy atom. The molecule has 1 unspecified atom stereocenters. The Labute approximate surface area is 333 Å². The van der Waals surface area contributed by atoms with Gasteiger partial charge in [-0.15, -0.1) is 0 Å². The molecule has 2 aromatic heterocycles. The molecule has 0 aliphatic rings. The first kappa shape index (κ1) is 42.6. The Morgan fingerprint density at radius 1 is 0.618 bits per heavy atom. The van der Waals surface area contributed by atoms with Gasteiger partial charge in [0, 0.05) is 33.3 Å². The van der Waals surface area contributed by atoms with E-state index in [-0.39, 0.29) is 22.8 Å². The van der Waals surface area contributed by atoms with Crippen LogP contribution in [-0.2, 0) is 32.1 Å². The van der Waals surface area contributed by atoms with Crippen LogP contribution >= 0.6 is 23.2 Å². The van der Waals surface area contributed by atoms with Gasteiger partial charge in [0.1, 0.15) is 16.4 Å². The summed E-state index contributed by atoms with van der Waals surface area (Å²) in [5, 5.41) is 17.0. The fraction of sp³-hybridized carbons (Fsp3) is 0.225. The number of aromatic nitrogens is 4. The Hall–Kier alpha value is -5.17. The van der Waals surface area contributed by atoms with Crippen LogP contribution in [-0.4, -0.2) is 42.6 Å². The normalized spacial score (nSPS) is 11.7. The van der Waals surface area contributed by atoms with Crippen molar-refractivity contribution < 1.29 is 42.0 Å². The molecule has 0 spiro atoms. The van der Waals surface area contributed by atoms with E-state index < -0.39 is 31.8 Å². The number of fused-ring (bicyclic) bond motifs is 2. The van der Waals surface area contributed by atoms with Crippen LogP contribution in [0.2, 0.25) is 10.3 Å². The molecule has 6 aromatic rings. The molecule has 0 saturated heterocycles. The maximum absolute atomic E-state index is 12.8. The number of carbonyl (C=O) groups is 3. The average Bonchev–Trinajstić information content (AvgIpc) is 3.13. The Kier molecular flexibility index (Phi) is 14.3. The van der Waals surface area contributed by atoms with E-state index in [2.05, 4.69) is 30.6 Å². The van der Waals surface area contributed by atoms with Crippen LogP contribution in [0.3, 0.4) is 0 Å². The molecule has 0 bridgehead atoms. The number of anilines is 2. The van der Waals surface area contributed by atoms with Crippen LogP contribution in [0.25, 0.3) is 22.1 Å². The van der Waals surface area contributed by atoms with E-state index in [4.69, 9.17) is 30.9 Å². The minimum atomic E-state index is -1.44. The molecule has 1 atom stereocenters. The van der Waals surface area contributed by atoms with Gasteiger partial charge in [-0.25, -0.2) is 9.97 Å². The zero-order valence-corrected chi connectivity index (χ0v) is 33.4. The molecule has 3 N–H and O–H groups in total. The van der Waals surface area contributed by atoms with Crippen LogP contribution in [0.4, 0.5) is 11.4 Å². The summed E-state index contributed by atoms with van der Waals surface area (Å²) in [6.45, 7) is 11.0. The fourth-order valence-corrected chi connectivity index (χ4v) is 5.11. The third kappa shape index (κ3) is 11.9. The van der Waals surface area contributed by atoms with E-state index in [1.165, 1.54) is 12.4 Å². The van der Waals surface area contributed by atoms with Crippen LogP contribution < -0.4 is 10.6 Å². The van der Waals surface area contributed by atoms with Crippen LogP contribution in [0.5, 0.6) is 0 Å². The summed E-state index contributed by atoms with van der Waals surface area (Å²) >= 11 is 10.3. The number of nitrogens with one attached hydrogen (secondary N) is 2. The third-order valence-corrected chi connectivity index (χ3v) is 8.20. The van der Waals surface area contributed by atoms with Gasteiger partial charge in [0.05, 0.1) is 34.5 Å². The van der Waals surface area contributed by atoms with Gasteiger partial charge < -0.3 is 15.7 Å². The molecule has 0 fully saturated rings. The first-order valence-electron chi connectivity index (χ1n) is 16.7. The number of hydrogen-bond acceptors (Lipinski definition) is 10. The van der Waals surface area contributed by atoms with Gasteiger partial charge in [-0.2, -0.15) is 0 Å². The Bertz CT molecular complexity index is 2410. The number of ketones is 1. The molecular formula is C40H38Cl2MnN6O6. The summed E-state index contributed by atoms with van der Waals surface area (Å²) in [5.41, 5.74) is 5.06. The van der Waals surface area contributed by atoms with Crippen molar-refractivity contribution in [3.05, 3.63) is 130 Å². The van der Waals surface area contributed by atoms with Crippen molar-refractivity contribution >= 4 is 74.2 Å². The standard InChI is InChI=1S/C20H20ClN3O2.C20H18ClN3O2.Mn.2O/c2*1-20(2,3)19(26)23-14-6-4-5-12(9-14)18(25)13-7-8-15-16(10-13)24-17(21)11-22-15;;;/h4-11,18,25H,1-3H3,(H,23,26);4-11H,1-3H3,(H,23,26);;;. The molecule has 2 heterocycles. The van der Waals surface area contributed by atoms with Crippen molar-refractivity contribution in [3.8, 4) is 0 Å². The Morgan fingerprint density at radius 2 is 1.07 bits per heavy atom. The molecule has 12 nitrogen and oxygen atoms in total. The molecule has 15 heteroatoms. The van der Waals surface area contributed by atoms with E-state index in [1.807, 2.05) is 47.6 Å². The minimum absolute atomic E-state index is 0.0836. The van der Waals surface area contributed by atoms with Crippen LogP contribution in [0.15, 0.2) is 97.3 Å². The number of benzene rings is 4. The van der Waals surface area contributed by atoms with Crippen molar-refractivity contribution in [1.29, 1.82) is 0 Å². The van der Waals surface area contributed by atoms with Crippen molar-refractivity contribution in [2.75, 3.05) is 10.6 Å². The van der Waals surface area contributed by atoms with E-state index in [0.717, 1.165) is 0 Å². The second-order valence-corrected chi connectivity index (χ2v) is 15.2. The van der Waals surface area contributed by atoms with E-state index in [0.29, 0.717) is 60.8 Å². The van der Waals surface area contributed by atoms with Gasteiger partial charge in [-0.05, 0) is 65.7 Å². The first-order valence-corrected chi connectivity index (χ1v) is 18.4. The second-order valence-electron chi connectivity index (χ2n) is 14.2. The summed E-state index contributed by atoms with van der Waals surface area (Å²) in [5.74, 6) is -0.363. The number of nitrogens with zero attached hydrogens (tertiary/aromatic N) is 4. The maximum atomic E-state index is 12.8. The summed E-state index contributed by atoms with van der Waals surface area (Å²) < 4.78 is 16.8. The van der Waals surface area contributed by atoms with E-state index in [9.17, 15) is 19.5 Å². The summed E-state index contributed by atoms with van der Waals surface area (Å²) in [7, 11) is 0. The van der Waals surface area contributed by atoms with E-state index >= 15 is 0 Å². The van der Waals surface area contributed by atoms with Gasteiger partial charge in [0.25, 0.3) is 0 Å². The van der Waals surface area contributed by atoms with Gasteiger partial charge in [-0.3, -0.25) is 24.4 Å². The second kappa shape index (κ2) is 18.4. The van der Waals surface area contributed by atoms with Gasteiger partial charge >= 0.3 is 22.5 Å². The quantitative estimate of drug-likeness (QED) is 0.109. The number of halogens is 2. The van der Waals surface area contributed by atoms with Crippen LogP contribution in [0.1, 0.15) is 74.7 Å². The zero-order chi connectivity index (χ0) is 40.5. The SMILES string of the molecule is CC(C)(C)C(=O)Nc1cccc(C(=O)c2ccc3ncc(Cl)nc3c2)c1.CC(C)(C)C(=O)Nc1cccc(C(O)c2ccc3ncc(Cl)nc3c2)c1.[O]=[Mn]=[O]. The summed E-state index contributed by atoms with van der Waals surface area (Å²) in [6.07, 6.45) is 2.10. The molecule has 4 aromatic carbocycles. The first-order chi connectivity index (χ1) is 25.9. The van der Waals surface area contributed by atoms with E-state index in [1.54, 1.807) is 78.9 Å². The predicted octanol–water partition coefficient (Wildman–Crippen LogP) is 8.61. The van der Waals surface area contributed by atoms with Gasteiger partial charge in [0.2, 0.25) is 11.8 Å². The monoisotopic (exact) mass is 823 g/mol. The molecule has 0 saturated carbocycles. The molecule has 0 aliphatic carbocycles. The number of aliphatic hydroxyl groups is 1. The average molecular weight is 825 g/mol. The zero-order valence-electron chi connectivity index (χ0n) is 30.7. The third-order valence-electron chi connectivity index (χ3n) is 7.83. The molecule has 0 aliphatic heterocycles. The Balaban J connectivity index is 0.000000228. The fourth-order valence-electron chi connectivity index (χ4n) is 4.83. The molecule has 2 amide bonds. The number of aliphatic hydroxyl groups excluding tert-OH is 1. The molecule has 0 radical (unpaired) electrons. The number of rotatable bonds is 6. The summed E-state index contributed by atoms with van der Waals surface area (Å²) in [6, 6.07) is 24.5. The number of carbonyl (C=O) groups excluding carboxylic acids is 3. The van der Waals surface area contributed by atoms with Crippen molar-refractivity contribution in [2.24, 2.45) is 10.8 Å². The molecule has 55 heavy (non-hydrogen) atoms. The topological polar surface area (TPSA) is 181 Å². The van der Waals surface area contributed by atoms with Gasteiger partial charge in [0.15, 0.2) is 5.78 Å². The predicted molar refractivity (Wildman–Crippen MR) is 207 cm³/mol. The molecule has 285 valence electrons. The molecule has 6 rings (SSSR count). The number of hydrogen-bond donors (Lipinski definition) is 3. The van der Waals surface area contributed by atoms with Crippen molar-refractivity contribution in [2.45, 2.75) is 47.6 Å². The molecular weight excluding hydrogens is 786 g/mol. The van der Waals surface area contributed by atoms with Crippen molar-refractivity contribution in [3.63, 3.8) is 0 Å². The summed E-state index contributed by atoms with van der Waals surface area (Å²) in [4.78, 5) is 53.9. The van der Waals surface area contributed by atoms with Crippen LogP contribution in [0, 0.1) is 10.8 Å². The number of amides is 2. The van der Waals surface area contributed by atoms with Gasteiger partial charge in [-0.1, -0.05) is 95.1 Å². The van der Waals surface area contributed by atoms with Crippen molar-refractivity contribution in [1.82, 2.24) is 19.9 Å².